The molecule has 1 amide bonds. The van der Waals surface area contributed by atoms with E-state index in [9.17, 15) is 9.59 Å². The van der Waals surface area contributed by atoms with Gasteiger partial charge in [-0.2, -0.15) is 0 Å². The quantitative estimate of drug-likeness (QED) is 0.583. The van der Waals surface area contributed by atoms with Crippen molar-refractivity contribution < 1.29 is 14.3 Å². The first-order chi connectivity index (χ1) is 11.7. The Morgan fingerprint density at radius 1 is 1.28 bits per heavy atom. The highest BCUT2D eigenvalue weighted by Gasteiger charge is 2.38. The van der Waals surface area contributed by atoms with E-state index in [0.717, 1.165) is 17.7 Å². The zero-order valence-electron chi connectivity index (χ0n) is 15.3. The average molecular weight is 455 g/mol. The number of halogens is 1. The predicted octanol–water partition coefficient (Wildman–Crippen LogP) is 5.25. The summed E-state index contributed by atoms with van der Waals surface area (Å²) in [6, 6.07) is 9.77. The van der Waals surface area contributed by atoms with Crippen molar-refractivity contribution in [2.75, 3.05) is 0 Å². The zero-order chi connectivity index (χ0) is 18.6. The molecular formula is C20H26INO3. The standard InChI is InChI=1S/C20H26INO3/c1-5-9-16-18(21)17(23)13-15(12-14-10-7-6-8-11-14)22(16)19(24)25-20(2,3)4/h6-8,10-11,15H,5,9,12-13H2,1-4H3/t15-/m0/s1. The third kappa shape index (κ3) is 5.30. The van der Waals surface area contributed by atoms with E-state index in [-0.39, 0.29) is 17.9 Å². The lowest BCUT2D eigenvalue weighted by molar-refractivity contribution is -0.116. The van der Waals surface area contributed by atoms with Gasteiger partial charge in [0.15, 0.2) is 5.78 Å². The molecule has 0 aromatic heterocycles. The number of carbonyl (C=O) groups excluding carboxylic acids is 2. The summed E-state index contributed by atoms with van der Waals surface area (Å²) in [7, 11) is 0. The lowest BCUT2D eigenvalue weighted by Crippen LogP contribution is -2.47. The molecule has 136 valence electrons. The molecule has 0 saturated heterocycles. The molecule has 0 N–H and O–H groups in total. The van der Waals surface area contributed by atoms with Crippen molar-refractivity contribution in [2.45, 2.75) is 65.0 Å². The van der Waals surface area contributed by atoms with Crippen LogP contribution in [0.25, 0.3) is 0 Å². The van der Waals surface area contributed by atoms with Gasteiger partial charge in [0, 0.05) is 12.1 Å². The van der Waals surface area contributed by atoms with Crippen LogP contribution in [-0.4, -0.2) is 28.4 Å². The number of rotatable bonds is 4. The van der Waals surface area contributed by atoms with Crippen molar-refractivity contribution in [2.24, 2.45) is 0 Å². The van der Waals surface area contributed by atoms with Gasteiger partial charge in [-0.05, 0) is 61.8 Å². The SMILES string of the molecule is CCCC1=C(I)C(=O)C[C@H](Cc2ccccc2)N1C(=O)OC(C)(C)C. The van der Waals surface area contributed by atoms with Crippen molar-refractivity contribution >= 4 is 34.5 Å². The van der Waals surface area contributed by atoms with Crippen LogP contribution in [0.15, 0.2) is 39.6 Å². The number of nitrogens with zero attached hydrogens (tertiary/aromatic N) is 1. The monoisotopic (exact) mass is 455 g/mol. The molecule has 4 nitrogen and oxygen atoms in total. The minimum Gasteiger partial charge on any atom is -0.443 e. The summed E-state index contributed by atoms with van der Waals surface area (Å²) in [6.07, 6.45) is 2.17. The summed E-state index contributed by atoms with van der Waals surface area (Å²) >= 11 is 2.08. The smallest absolute Gasteiger partial charge is 0.414 e. The van der Waals surface area contributed by atoms with Gasteiger partial charge in [-0.1, -0.05) is 43.7 Å². The lowest BCUT2D eigenvalue weighted by atomic mass is 9.94. The third-order valence-electron chi connectivity index (χ3n) is 3.97. The number of ether oxygens (including phenoxy) is 1. The molecule has 1 atom stereocenters. The van der Waals surface area contributed by atoms with E-state index in [2.05, 4.69) is 29.5 Å². The van der Waals surface area contributed by atoms with Crippen LogP contribution >= 0.6 is 22.6 Å². The Hall–Kier alpha value is -1.37. The van der Waals surface area contributed by atoms with Crippen LogP contribution in [0.1, 0.15) is 52.5 Å². The van der Waals surface area contributed by atoms with Crippen LogP contribution in [0.5, 0.6) is 0 Å². The molecule has 1 aromatic carbocycles. The summed E-state index contributed by atoms with van der Waals surface area (Å²) in [4.78, 5) is 27.1. The van der Waals surface area contributed by atoms with Crippen molar-refractivity contribution in [3.05, 3.63) is 45.2 Å². The molecule has 2 rings (SSSR count). The molecule has 5 heteroatoms. The maximum atomic E-state index is 12.9. The Bertz CT molecular complexity index is 661. The van der Waals surface area contributed by atoms with E-state index < -0.39 is 5.60 Å². The summed E-state index contributed by atoms with van der Waals surface area (Å²) < 4.78 is 6.31. The summed E-state index contributed by atoms with van der Waals surface area (Å²) in [5, 5.41) is 0. The van der Waals surface area contributed by atoms with E-state index in [1.54, 1.807) is 4.90 Å². The van der Waals surface area contributed by atoms with Gasteiger partial charge in [0.25, 0.3) is 0 Å². The van der Waals surface area contributed by atoms with Crippen LogP contribution in [0.4, 0.5) is 4.79 Å². The van der Waals surface area contributed by atoms with Crippen LogP contribution in [0, 0.1) is 0 Å². The van der Waals surface area contributed by atoms with Gasteiger partial charge in [-0.3, -0.25) is 9.69 Å². The zero-order valence-corrected chi connectivity index (χ0v) is 17.5. The number of hydrogen-bond donors (Lipinski definition) is 0. The number of benzene rings is 1. The Balaban J connectivity index is 2.38. The van der Waals surface area contributed by atoms with Gasteiger partial charge >= 0.3 is 6.09 Å². The molecule has 25 heavy (non-hydrogen) atoms. The highest BCUT2D eigenvalue weighted by atomic mass is 127. The second-order valence-electron chi connectivity index (χ2n) is 7.33. The molecule has 0 radical (unpaired) electrons. The molecule has 0 bridgehead atoms. The van der Waals surface area contributed by atoms with Crippen LogP contribution < -0.4 is 0 Å². The molecule has 1 aromatic rings. The summed E-state index contributed by atoms with van der Waals surface area (Å²) in [5.74, 6) is 0.116. The topological polar surface area (TPSA) is 46.6 Å². The van der Waals surface area contributed by atoms with Gasteiger partial charge in [-0.25, -0.2) is 4.79 Å². The number of hydrogen-bond acceptors (Lipinski definition) is 3. The third-order valence-corrected chi connectivity index (χ3v) is 5.19. The Kier molecular flexibility index (Phi) is 6.65. The summed E-state index contributed by atoms with van der Waals surface area (Å²) in [5.41, 5.74) is 1.34. The van der Waals surface area contributed by atoms with Gasteiger partial charge in [0.1, 0.15) is 5.60 Å². The van der Waals surface area contributed by atoms with Crippen LogP contribution in [0.3, 0.4) is 0 Å². The Morgan fingerprint density at radius 2 is 1.92 bits per heavy atom. The summed E-state index contributed by atoms with van der Waals surface area (Å²) in [6.45, 7) is 7.64. The van der Waals surface area contributed by atoms with Crippen LogP contribution in [0.2, 0.25) is 0 Å². The van der Waals surface area contributed by atoms with E-state index in [4.69, 9.17) is 4.74 Å². The molecule has 0 unspecified atom stereocenters. The number of Topliss-reactive ketones (excluding diaryl/α,β-unsaturated/α-hetero) is 1. The molecular weight excluding hydrogens is 429 g/mol. The first-order valence-electron chi connectivity index (χ1n) is 8.71. The Morgan fingerprint density at radius 3 is 2.48 bits per heavy atom. The number of amides is 1. The van der Waals surface area contributed by atoms with Crippen LogP contribution in [-0.2, 0) is 16.0 Å². The first kappa shape index (κ1) is 19.9. The van der Waals surface area contributed by atoms with Gasteiger partial charge in [0.2, 0.25) is 0 Å². The molecule has 1 heterocycles. The van der Waals surface area contributed by atoms with Crippen molar-refractivity contribution in [1.29, 1.82) is 0 Å². The molecule has 0 saturated carbocycles. The highest BCUT2D eigenvalue weighted by molar-refractivity contribution is 14.1. The second-order valence-corrected chi connectivity index (χ2v) is 8.41. The normalized spacial score (nSPS) is 18.5. The van der Waals surface area contributed by atoms with Crippen molar-refractivity contribution in [3.8, 4) is 0 Å². The minimum atomic E-state index is -0.571. The molecule has 0 spiro atoms. The lowest BCUT2D eigenvalue weighted by Gasteiger charge is -2.38. The fraction of sp³-hybridized carbons (Fsp3) is 0.500. The molecule has 1 aliphatic rings. The number of allylic oxidation sites excluding steroid dienone is 2. The fourth-order valence-electron chi connectivity index (χ4n) is 2.97. The van der Waals surface area contributed by atoms with Gasteiger partial charge in [-0.15, -0.1) is 0 Å². The van der Waals surface area contributed by atoms with E-state index in [1.807, 2.05) is 51.1 Å². The maximum Gasteiger partial charge on any atom is 0.414 e. The average Bonchev–Trinajstić information content (AvgIpc) is 2.51. The predicted molar refractivity (Wildman–Crippen MR) is 108 cm³/mol. The van der Waals surface area contributed by atoms with Gasteiger partial charge < -0.3 is 4.74 Å². The number of carbonyl (C=O) groups is 2. The van der Waals surface area contributed by atoms with Gasteiger partial charge in [0.05, 0.1) is 9.62 Å². The number of ketones is 1. The van der Waals surface area contributed by atoms with E-state index in [1.165, 1.54) is 0 Å². The second kappa shape index (κ2) is 8.34. The van der Waals surface area contributed by atoms with Crippen molar-refractivity contribution in [3.63, 3.8) is 0 Å². The van der Waals surface area contributed by atoms with E-state index in [0.29, 0.717) is 22.8 Å². The maximum absolute atomic E-state index is 12.9. The van der Waals surface area contributed by atoms with E-state index >= 15 is 0 Å². The molecule has 0 fully saturated rings. The minimum absolute atomic E-state index is 0.116. The fourth-order valence-corrected chi connectivity index (χ4v) is 3.72. The largest absolute Gasteiger partial charge is 0.443 e. The molecule has 1 aliphatic heterocycles. The highest BCUT2D eigenvalue weighted by Crippen LogP contribution is 2.34. The first-order valence-corrected chi connectivity index (χ1v) is 9.78. The van der Waals surface area contributed by atoms with Crippen molar-refractivity contribution in [1.82, 2.24) is 4.90 Å². The molecule has 0 aliphatic carbocycles. The Labute approximate surface area is 163 Å².